The molecule has 0 amide bonds. The zero-order valence-corrected chi connectivity index (χ0v) is 11.1. The molecule has 0 aromatic heterocycles. The Labute approximate surface area is 108 Å². The lowest BCUT2D eigenvalue weighted by Gasteiger charge is -2.13. The summed E-state index contributed by atoms with van der Waals surface area (Å²) < 4.78 is 10.7. The Morgan fingerprint density at radius 1 is 1.33 bits per heavy atom. The molecule has 1 aromatic carbocycles. The number of hydrogen-bond acceptors (Lipinski definition) is 3. The molecule has 100 valence electrons. The summed E-state index contributed by atoms with van der Waals surface area (Å²) in [5.41, 5.74) is 0.952. The first-order valence-corrected chi connectivity index (χ1v) is 6.14. The number of carbonyl (C=O) groups is 1. The summed E-state index contributed by atoms with van der Waals surface area (Å²) in [6, 6.07) is 5.55. The molecule has 1 aromatic rings. The van der Waals surface area contributed by atoms with E-state index in [9.17, 15) is 4.79 Å². The molecule has 0 saturated carbocycles. The molecular formula is C14H20O4. The molecule has 1 rings (SSSR count). The third-order valence-electron chi connectivity index (χ3n) is 2.85. The first-order valence-electron chi connectivity index (χ1n) is 6.14. The molecule has 1 N–H and O–H groups in total. The number of carboxylic acid groups (broad SMARTS) is 1. The van der Waals surface area contributed by atoms with E-state index in [1.165, 1.54) is 0 Å². The van der Waals surface area contributed by atoms with Gasteiger partial charge in [-0.1, -0.05) is 13.0 Å². The first-order chi connectivity index (χ1) is 8.62. The van der Waals surface area contributed by atoms with Crippen LogP contribution in [0.5, 0.6) is 11.5 Å². The van der Waals surface area contributed by atoms with Crippen molar-refractivity contribution in [2.75, 3.05) is 13.7 Å². The molecule has 0 radical (unpaired) electrons. The summed E-state index contributed by atoms with van der Waals surface area (Å²) in [5.74, 6) is 0.223. The fourth-order valence-corrected chi connectivity index (χ4v) is 1.81. The molecule has 1 unspecified atom stereocenters. The van der Waals surface area contributed by atoms with Crippen LogP contribution in [0, 0.1) is 5.92 Å². The molecule has 0 bridgehead atoms. The van der Waals surface area contributed by atoms with Gasteiger partial charge in [0, 0.05) is 0 Å². The van der Waals surface area contributed by atoms with Crippen molar-refractivity contribution in [1.82, 2.24) is 0 Å². The molecule has 0 aliphatic rings. The van der Waals surface area contributed by atoms with Gasteiger partial charge in [-0.15, -0.1) is 0 Å². The van der Waals surface area contributed by atoms with Crippen LogP contribution in [0.25, 0.3) is 0 Å². The van der Waals surface area contributed by atoms with Gasteiger partial charge in [0.2, 0.25) is 0 Å². The summed E-state index contributed by atoms with van der Waals surface area (Å²) >= 11 is 0. The number of hydrogen-bond donors (Lipinski definition) is 1. The van der Waals surface area contributed by atoms with Crippen LogP contribution in [-0.4, -0.2) is 24.8 Å². The Hall–Kier alpha value is -1.71. The van der Waals surface area contributed by atoms with Crippen LogP contribution < -0.4 is 9.47 Å². The summed E-state index contributed by atoms with van der Waals surface area (Å²) in [6.07, 6.45) is 1.13. The molecular weight excluding hydrogens is 232 g/mol. The largest absolute Gasteiger partial charge is 0.493 e. The molecule has 4 heteroatoms. The number of methoxy groups -OCH3 is 1. The van der Waals surface area contributed by atoms with Gasteiger partial charge in [-0.2, -0.15) is 0 Å². The maximum absolute atomic E-state index is 11.0. The number of benzene rings is 1. The average Bonchev–Trinajstić information content (AvgIpc) is 2.36. The molecule has 0 spiro atoms. The lowest BCUT2D eigenvalue weighted by molar-refractivity contribution is -0.141. The van der Waals surface area contributed by atoms with Crippen molar-refractivity contribution < 1.29 is 19.4 Å². The average molecular weight is 252 g/mol. The highest BCUT2D eigenvalue weighted by Crippen LogP contribution is 2.29. The van der Waals surface area contributed by atoms with E-state index in [0.29, 0.717) is 30.9 Å². The molecule has 18 heavy (non-hydrogen) atoms. The molecule has 1 atom stereocenters. The van der Waals surface area contributed by atoms with Gasteiger partial charge in [-0.3, -0.25) is 4.79 Å². The summed E-state index contributed by atoms with van der Waals surface area (Å²) in [4.78, 5) is 11.0. The van der Waals surface area contributed by atoms with Crippen molar-refractivity contribution in [3.05, 3.63) is 23.8 Å². The second-order valence-electron chi connectivity index (χ2n) is 4.07. The minimum atomic E-state index is -0.758. The number of rotatable bonds is 7. The fourth-order valence-electron chi connectivity index (χ4n) is 1.81. The third kappa shape index (κ3) is 3.65. The highest BCUT2D eigenvalue weighted by molar-refractivity contribution is 5.70. The Morgan fingerprint density at radius 2 is 2.06 bits per heavy atom. The Morgan fingerprint density at radius 3 is 2.56 bits per heavy atom. The number of carboxylic acids is 1. The minimum Gasteiger partial charge on any atom is -0.493 e. The van der Waals surface area contributed by atoms with Crippen LogP contribution >= 0.6 is 0 Å². The van der Waals surface area contributed by atoms with E-state index in [1.807, 2.05) is 32.0 Å². The molecule has 0 fully saturated rings. The van der Waals surface area contributed by atoms with Gasteiger partial charge in [0.1, 0.15) is 0 Å². The second kappa shape index (κ2) is 6.89. The smallest absolute Gasteiger partial charge is 0.306 e. The van der Waals surface area contributed by atoms with Gasteiger partial charge in [0.15, 0.2) is 11.5 Å². The molecule has 4 nitrogen and oxygen atoms in total. The van der Waals surface area contributed by atoms with Crippen molar-refractivity contribution in [3.63, 3.8) is 0 Å². The highest BCUT2D eigenvalue weighted by atomic mass is 16.5. The Balaban J connectivity index is 2.90. The SMILES string of the molecule is CCOc1cc(CC(CC)C(=O)O)ccc1OC. The van der Waals surface area contributed by atoms with Crippen molar-refractivity contribution in [2.45, 2.75) is 26.7 Å². The van der Waals surface area contributed by atoms with Crippen LogP contribution in [0.4, 0.5) is 0 Å². The van der Waals surface area contributed by atoms with Gasteiger partial charge in [-0.05, 0) is 37.5 Å². The fraction of sp³-hybridized carbons (Fsp3) is 0.500. The van der Waals surface area contributed by atoms with Gasteiger partial charge in [0.05, 0.1) is 19.6 Å². The van der Waals surface area contributed by atoms with E-state index in [-0.39, 0.29) is 5.92 Å². The maximum Gasteiger partial charge on any atom is 0.306 e. The monoisotopic (exact) mass is 252 g/mol. The molecule has 0 aliphatic heterocycles. The van der Waals surface area contributed by atoms with Crippen molar-refractivity contribution in [1.29, 1.82) is 0 Å². The van der Waals surface area contributed by atoms with E-state index in [2.05, 4.69) is 0 Å². The van der Waals surface area contributed by atoms with Crippen molar-refractivity contribution in [3.8, 4) is 11.5 Å². The molecule has 0 saturated heterocycles. The summed E-state index contributed by atoms with van der Waals surface area (Å²) in [7, 11) is 1.59. The quantitative estimate of drug-likeness (QED) is 0.810. The van der Waals surface area contributed by atoms with Crippen LogP contribution in [0.1, 0.15) is 25.8 Å². The van der Waals surface area contributed by atoms with Crippen LogP contribution in [-0.2, 0) is 11.2 Å². The van der Waals surface area contributed by atoms with Crippen LogP contribution in [0.3, 0.4) is 0 Å². The normalized spacial score (nSPS) is 11.9. The summed E-state index contributed by atoms with van der Waals surface area (Å²) in [5, 5.41) is 9.05. The van der Waals surface area contributed by atoms with Gasteiger partial charge >= 0.3 is 5.97 Å². The van der Waals surface area contributed by atoms with E-state index < -0.39 is 5.97 Å². The van der Waals surface area contributed by atoms with Crippen molar-refractivity contribution in [2.24, 2.45) is 5.92 Å². The standard InChI is InChI=1S/C14H20O4/c1-4-11(14(15)16)8-10-6-7-12(17-3)13(9-10)18-5-2/h6-7,9,11H,4-5,8H2,1-3H3,(H,15,16). The highest BCUT2D eigenvalue weighted by Gasteiger charge is 2.16. The first kappa shape index (κ1) is 14.4. The van der Waals surface area contributed by atoms with Crippen molar-refractivity contribution >= 4 is 5.97 Å². The molecule has 0 aliphatic carbocycles. The molecule has 0 heterocycles. The third-order valence-corrected chi connectivity index (χ3v) is 2.85. The minimum absolute atomic E-state index is 0.354. The zero-order chi connectivity index (χ0) is 13.5. The van der Waals surface area contributed by atoms with Gasteiger partial charge in [0.25, 0.3) is 0 Å². The lowest BCUT2D eigenvalue weighted by atomic mass is 9.97. The van der Waals surface area contributed by atoms with E-state index in [4.69, 9.17) is 14.6 Å². The predicted octanol–water partition coefficient (Wildman–Crippen LogP) is 2.75. The van der Waals surface area contributed by atoms with Gasteiger partial charge < -0.3 is 14.6 Å². The maximum atomic E-state index is 11.0. The van der Waals surface area contributed by atoms with Crippen LogP contribution in [0.15, 0.2) is 18.2 Å². The lowest BCUT2D eigenvalue weighted by Crippen LogP contribution is -2.15. The topological polar surface area (TPSA) is 55.8 Å². The zero-order valence-electron chi connectivity index (χ0n) is 11.1. The number of aliphatic carboxylic acids is 1. The van der Waals surface area contributed by atoms with E-state index in [0.717, 1.165) is 5.56 Å². The Kier molecular flexibility index (Phi) is 5.49. The second-order valence-corrected chi connectivity index (χ2v) is 4.07. The van der Waals surface area contributed by atoms with Gasteiger partial charge in [-0.25, -0.2) is 0 Å². The van der Waals surface area contributed by atoms with Crippen LogP contribution in [0.2, 0.25) is 0 Å². The van der Waals surface area contributed by atoms with E-state index in [1.54, 1.807) is 7.11 Å². The Bertz CT molecular complexity index is 401. The summed E-state index contributed by atoms with van der Waals surface area (Å²) in [6.45, 7) is 4.33. The van der Waals surface area contributed by atoms with E-state index >= 15 is 0 Å². The predicted molar refractivity (Wildman–Crippen MR) is 69.3 cm³/mol. The number of ether oxygens (including phenoxy) is 2.